The molecule has 1 rings (SSSR count). The molecule has 0 spiro atoms. The maximum Gasteiger partial charge on any atom is 0.226 e. The molecule has 0 radical (unpaired) electrons. The fraction of sp³-hybridized carbons (Fsp3) is 0.500. The lowest BCUT2D eigenvalue weighted by Gasteiger charge is -2.07. The van der Waals surface area contributed by atoms with Gasteiger partial charge in [-0.05, 0) is 13.3 Å². The van der Waals surface area contributed by atoms with Gasteiger partial charge in [-0.3, -0.25) is 4.79 Å². The molecule has 0 fully saturated rings. The maximum absolute atomic E-state index is 11.4. The number of hydrogen-bond donors (Lipinski definition) is 1. The van der Waals surface area contributed by atoms with Gasteiger partial charge in [-0.15, -0.1) is 0 Å². The number of rotatable bonds is 5. The number of thiazole rings is 1. The Bertz CT molecular complexity index is 397. The minimum atomic E-state index is -0.109. The molecule has 86 valence electrons. The van der Waals surface area contributed by atoms with E-state index < -0.39 is 0 Å². The van der Waals surface area contributed by atoms with Crippen LogP contribution in [-0.2, 0) is 9.53 Å². The molecular formula is C10H13N3O2S. The molecule has 1 aromatic rings. The number of carbonyl (C=O) groups excluding carboxylic acids is 1. The van der Waals surface area contributed by atoms with Gasteiger partial charge in [0.15, 0.2) is 5.13 Å². The number of ether oxygens (including phenoxy) is 1. The van der Waals surface area contributed by atoms with Gasteiger partial charge in [0.25, 0.3) is 0 Å². The van der Waals surface area contributed by atoms with Crippen LogP contribution in [0, 0.1) is 11.3 Å². The first-order valence-corrected chi connectivity index (χ1v) is 5.66. The second-order valence-corrected chi connectivity index (χ2v) is 4.31. The van der Waals surface area contributed by atoms with Gasteiger partial charge in [0.2, 0.25) is 5.91 Å². The fourth-order valence-electron chi connectivity index (χ4n) is 1.02. The van der Waals surface area contributed by atoms with E-state index in [1.165, 1.54) is 17.5 Å². The molecule has 1 amide bonds. The summed E-state index contributed by atoms with van der Waals surface area (Å²) >= 11 is 1.17. The summed E-state index contributed by atoms with van der Waals surface area (Å²) in [6, 6.07) is 1.96. The van der Waals surface area contributed by atoms with E-state index in [-0.39, 0.29) is 12.0 Å². The van der Waals surface area contributed by atoms with Gasteiger partial charge in [0, 0.05) is 13.5 Å². The third-order valence-electron chi connectivity index (χ3n) is 2.04. The Labute approximate surface area is 98.1 Å². The van der Waals surface area contributed by atoms with Gasteiger partial charge in [-0.2, -0.15) is 5.26 Å². The van der Waals surface area contributed by atoms with Gasteiger partial charge in [0.05, 0.1) is 12.3 Å². The van der Waals surface area contributed by atoms with Crippen molar-refractivity contribution in [2.45, 2.75) is 25.9 Å². The zero-order valence-corrected chi connectivity index (χ0v) is 10.0. The molecule has 0 saturated carbocycles. The van der Waals surface area contributed by atoms with Gasteiger partial charge in [0.1, 0.15) is 10.9 Å². The highest BCUT2D eigenvalue weighted by molar-refractivity contribution is 7.16. The number of amides is 1. The SMILES string of the molecule is COC(C)CCC(=O)Nc1ncc(C#N)s1. The molecule has 16 heavy (non-hydrogen) atoms. The lowest BCUT2D eigenvalue weighted by Crippen LogP contribution is -2.14. The van der Waals surface area contributed by atoms with Crippen LogP contribution in [0.25, 0.3) is 0 Å². The Hall–Kier alpha value is -1.45. The van der Waals surface area contributed by atoms with Crippen LogP contribution in [0.15, 0.2) is 6.20 Å². The van der Waals surface area contributed by atoms with E-state index in [1.54, 1.807) is 7.11 Å². The second kappa shape index (κ2) is 6.20. The summed E-state index contributed by atoms with van der Waals surface area (Å²) in [6.45, 7) is 1.91. The molecule has 6 heteroatoms. The molecule has 0 aliphatic heterocycles. The van der Waals surface area contributed by atoms with Crippen molar-refractivity contribution >= 4 is 22.4 Å². The number of carbonyl (C=O) groups is 1. The molecule has 1 atom stereocenters. The molecule has 0 aliphatic carbocycles. The van der Waals surface area contributed by atoms with Crippen LogP contribution in [0.1, 0.15) is 24.6 Å². The Balaban J connectivity index is 2.37. The number of anilines is 1. The Morgan fingerprint density at radius 2 is 2.56 bits per heavy atom. The van der Waals surface area contributed by atoms with E-state index in [2.05, 4.69) is 10.3 Å². The monoisotopic (exact) mass is 239 g/mol. The molecule has 1 heterocycles. The van der Waals surface area contributed by atoms with Crippen LogP contribution in [0.3, 0.4) is 0 Å². The minimum absolute atomic E-state index is 0.0664. The first kappa shape index (κ1) is 12.6. The fourth-order valence-corrected chi connectivity index (χ4v) is 1.65. The van der Waals surface area contributed by atoms with Crippen LogP contribution in [0.2, 0.25) is 0 Å². The summed E-state index contributed by atoms with van der Waals surface area (Å²) in [5, 5.41) is 11.7. The topological polar surface area (TPSA) is 75.0 Å². The van der Waals surface area contributed by atoms with E-state index in [1.807, 2.05) is 13.0 Å². The molecule has 0 saturated heterocycles. The third-order valence-corrected chi connectivity index (χ3v) is 2.86. The standard InChI is InChI=1S/C10H13N3O2S/c1-7(15-2)3-4-9(14)13-10-12-6-8(5-11)16-10/h6-7H,3-4H2,1-2H3,(H,12,13,14). The summed E-state index contributed by atoms with van der Waals surface area (Å²) < 4.78 is 5.04. The van der Waals surface area contributed by atoms with E-state index in [9.17, 15) is 4.79 Å². The molecule has 1 unspecified atom stereocenters. The number of aromatic nitrogens is 1. The molecular weight excluding hydrogens is 226 g/mol. The van der Waals surface area contributed by atoms with Crippen molar-refractivity contribution in [2.75, 3.05) is 12.4 Å². The predicted molar refractivity (Wildman–Crippen MR) is 61.2 cm³/mol. The third kappa shape index (κ3) is 3.96. The number of hydrogen-bond acceptors (Lipinski definition) is 5. The first-order chi connectivity index (χ1) is 7.65. The molecule has 5 nitrogen and oxygen atoms in total. The van der Waals surface area contributed by atoms with Crippen molar-refractivity contribution in [3.63, 3.8) is 0 Å². The minimum Gasteiger partial charge on any atom is -0.382 e. The van der Waals surface area contributed by atoms with E-state index in [0.29, 0.717) is 22.9 Å². The summed E-state index contributed by atoms with van der Waals surface area (Å²) in [6.07, 6.45) is 2.56. The van der Waals surface area contributed by atoms with E-state index in [4.69, 9.17) is 10.00 Å². The highest BCUT2D eigenvalue weighted by atomic mass is 32.1. The lowest BCUT2D eigenvalue weighted by atomic mass is 10.2. The van der Waals surface area contributed by atoms with Gasteiger partial charge in [-0.25, -0.2) is 4.98 Å². The molecule has 0 aliphatic rings. The van der Waals surface area contributed by atoms with Crippen molar-refractivity contribution in [1.29, 1.82) is 5.26 Å². The van der Waals surface area contributed by atoms with Crippen LogP contribution >= 0.6 is 11.3 Å². The Kier molecular flexibility index (Phi) is 4.89. The van der Waals surface area contributed by atoms with Crippen molar-refractivity contribution in [3.8, 4) is 6.07 Å². The average Bonchev–Trinajstić information content (AvgIpc) is 2.73. The number of nitrogens with zero attached hydrogens (tertiary/aromatic N) is 2. The maximum atomic E-state index is 11.4. The van der Waals surface area contributed by atoms with Crippen LogP contribution in [0.4, 0.5) is 5.13 Å². The molecule has 1 aromatic heterocycles. The van der Waals surface area contributed by atoms with Gasteiger partial charge < -0.3 is 10.1 Å². The summed E-state index contributed by atoms with van der Waals surface area (Å²) in [5.41, 5.74) is 0. The quantitative estimate of drug-likeness (QED) is 0.849. The van der Waals surface area contributed by atoms with Crippen molar-refractivity contribution in [3.05, 3.63) is 11.1 Å². The van der Waals surface area contributed by atoms with E-state index >= 15 is 0 Å². The summed E-state index contributed by atoms with van der Waals surface area (Å²) in [5.74, 6) is -0.109. The predicted octanol–water partition coefficient (Wildman–Crippen LogP) is 1.77. The van der Waals surface area contributed by atoms with Crippen LogP contribution in [0.5, 0.6) is 0 Å². The van der Waals surface area contributed by atoms with E-state index in [0.717, 1.165) is 0 Å². The second-order valence-electron chi connectivity index (χ2n) is 3.27. The average molecular weight is 239 g/mol. The van der Waals surface area contributed by atoms with Gasteiger partial charge >= 0.3 is 0 Å². The van der Waals surface area contributed by atoms with Crippen LogP contribution < -0.4 is 5.32 Å². The van der Waals surface area contributed by atoms with Crippen molar-refractivity contribution in [1.82, 2.24) is 4.98 Å². The normalized spacial score (nSPS) is 11.8. The van der Waals surface area contributed by atoms with Crippen molar-refractivity contribution in [2.24, 2.45) is 0 Å². The largest absolute Gasteiger partial charge is 0.382 e. The molecule has 1 N–H and O–H groups in total. The zero-order valence-electron chi connectivity index (χ0n) is 9.19. The number of nitriles is 1. The number of methoxy groups -OCH3 is 1. The Morgan fingerprint density at radius 1 is 1.81 bits per heavy atom. The van der Waals surface area contributed by atoms with Crippen LogP contribution in [-0.4, -0.2) is 24.1 Å². The number of nitrogens with one attached hydrogen (secondary N) is 1. The highest BCUT2D eigenvalue weighted by Crippen LogP contribution is 2.17. The molecule has 0 aromatic carbocycles. The molecule has 0 bridgehead atoms. The smallest absolute Gasteiger partial charge is 0.226 e. The summed E-state index contributed by atoms with van der Waals surface area (Å²) in [7, 11) is 1.61. The zero-order chi connectivity index (χ0) is 12.0. The Morgan fingerprint density at radius 3 is 3.12 bits per heavy atom. The van der Waals surface area contributed by atoms with Gasteiger partial charge in [-0.1, -0.05) is 11.3 Å². The van der Waals surface area contributed by atoms with Crippen molar-refractivity contribution < 1.29 is 9.53 Å². The summed E-state index contributed by atoms with van der Waals surface area (Å²) in [4.78, 5) is 15.8. The lowest BCUT2D eigenvalue weighted by molar-refractivity contribution is -0.116. The first-order valence-electron chi connectivity index (χ1n) is 4.84. The highest BCUT2D eigenvalue weighted by Gasteiger charge is 2.08.